The molecule has 0 aliphatic carbocycles. The lowest BCUT2D eigenvalue weighted by atomic mass is 9.94. The van der Waals surface area contributed by atoms with Gasteiger partial charge in [0.15, 0.2) is 0 Å². The maximum absolute atomic E-state index is 13.3. The van der Waals surface area contributed by atoms with Crippen LogP contribution in [-0.2, 0) is 15.8 Å². The number of nitrogens with zero attached hydrogens (tertiary/aromatic N) is 1. The van der Waals surface area contributed by atoms with Gasteiger partial charge in [-0.15, -0.1) is 0 Å². The van der Waals surface area contributed by atoms with Gasteiger partial charge in [0.1, 0.15) is 11.5 Å². The highest BCUT2D eigenvalue weighted by Gasteiger charge is 2.47. The summed E-state index contributed by atoms with van der Waals surface area (Å²) in [6.07, 6.45) is -1.50. The van der Waals surface area contributed by atoms with Gasteiger partial charge in [0.2, 0.25) is 0 Å². The van der Waals surface area contributed by atoms with Crippen LogP contribution in [-0.4, -0.2) is 23.4 Å². The number of alkyl halides is 3. The van der Waals surface area contributed by atoms with Crippen LogP contribution in [0.5, 0.6) is 5.75 Å². The minimum Gasteiger partial charge on any atom is -0.507 e. The van der Waals surface area contributed by atoms with Gasteiger partial charge in [-0.25, -0.2) is 0 Å². The van der Waals surface area contributed by atoms with E-state index in [4.69, 9.17) is 4.74 Å². The van der Waals surface area contributed by atoms with Crippen molar-refractivity contribution in [3.8, 4) is 5.75 Å². The van der Waals surface area contributed by atoms with Crippen LogP contribution in [0.4, 0.5) is 18.9 Å². The Hall–Kier alpha value is -4.07. The zero-order valence-electron chi connectivity index (χ0n) is 21.1. The van der Waals surface area contributed by atoms with Crippen molar-refractivity contribution in [3.63, 3.8) is 0 Å². The van der Waals surface area contributed by atoms with Crippen molar-refractivity contribution in [1.29, 1.82) is 0 Å². The molecule has 1 heterocycles. The highest BCUT2D eigenvalue weighted by Crippen LogP contribution is 2.43. The van der Waals surface area contributed by atoms with E-state index in [1.807, 2.05) is 13.0 Å². The predicted octanol–water partition coefficient (Wildman–Crippen LogP) is 7.21. The van der Waals surface area contributed by atoms with Gasteiger partial charge in [0, 0.05) is 11.3 Å². The fraction of sp³-hybridized carbons (Fsp3) is 0.267. The Morgan fingerprint density at radius 1 is 0.974 bits per heavy atom. The summed E-state index contributed by atoms with van der Waals surface area (Å²) in [5.74, 6) is -1.62. The van der Waals surface area contributed by atoms with E-state index in [2.05, 4.69) is 6.92 Å². The molecule has 0 radical (unpaired) electrons. The highest BCUT2D eigenvalue weighted by atomic mass is 19.4. The molecule has 3 aromatic carbocycles. The van der Waals surface area contributed by atoms with Crippen molar-refractivity contribution in [3.05, 3.63) is 101 Å². The van der Waals surface area contributed by atoms with E-state index < -0.39 is 29.5 Å². The van der Waals surface area contributed by atoms with Gasteiger partial charge in [-0.1, -0.05) is 49.6 Å². The Kier molecular flexibility index (Phi) is 7.90. The number of Topliss-reactive ketones (excluding diaryl/α,β-unsaturated/α-hetero) is 1. The topological polar surface area (TPSA) is 66.8 Å². The number of carbonyl (C=O) groups excluding carboxylic acids is 2. The maximum atomic E-state index is 13.3. The van der Waals surface area contributed by atoms with E-state index in [9.17, 15) is 27.9 Å². The number of rotatable bonds is 8. The van der Waals surface area contributed by atoms with E-state index in [1.54, 1.807) is 42.5 Å². The van der Waals surface area contributed by atoms with E-state index in [0.29, 0.717) is 23.5 Å². The average molecular weight is 524 g/mol. The van der Waals surface area contributed by atoms with Crippen LogP contribution in [0.3, 0.4) is 0 Å². The summed E-state index contributed by atoms with van der Waals surface area (Å²) < 4.78 is 45.1. The highest BCUT2D eigenvalue weighted by molar-refractivity contribution is 6.51. The van der Waals surface area contributed by atoms with Crippen molar-refractivity contribution in [2.75, 3.05) is 11.5 Å². The summed E-state index contributed by atoms with van der Waals surface area (Å²) >= 11 is 0. The lowest BCUT2D eigenvalue weighted by molar-refractivity contribution is -0.137. The summed E-state index contributed by atoms with van der Waals surface area (Å²) in [5.41, 5.74) is 0.807. The third-order valence-corrected chi connectivity index (χ3v) is 6.42. The van der Waals surface area contributed by atoms with E-state index in [-0.39, 0.29) is 17.0 Å². The van der Waals surface area contributed by atoms with Gasteiger partial charge >= 0.3 is 6.18 Å². The third kappa shape index (κ3) is 5.59. The zero-order chi connectivity index (χ0) is 27.4. The Morgan fingerprint density at radius 2 is 1.66 bits per heavy atom. The molecular weight excluding hydrogens is 495 g/mol. The van der Waals surface area contributed by atoms with Gasteiger partial charge in [-0.3, -0.25) is 14.5 Å². The normalized spacial score (nSPS) is 17.2. The molecule has 4 rings (SSSR count). The summed E-state index contributed by atoms with van der Waals surface area (Å²) in [5, 5.41) is 11.3. The number of amides is 1. The monoisotopic (exact) mass is 523 g/mol. The number of hydrogen-bond donors (Lipinski definition) is 1. The van der Waals surface area contributed by atoms with Gasteiger partial charge in [-0.05, 0) is 67.4 Å². The first kappa shape index (κ1) is 27.0. The number of carbonyl (C=O) groups is 2. The van der Waals surface area contributed by atoms with Crippen LogP contribution in [0.25, 0.3) is 5.76 Å². The number of unbranched alkanes of at least 4 members (excludes halogenated alkanes) is 2. The fourth-order valence-electron chi connectivity index (χ4n) is 4.47. The first-order valence-corrected chi connectivity index (χ1v) is 12.4. The number of aryl methyl sites for hydroxylation is 1. The van der Waals surface area contributed by atoms with Crippen LogP contribution >= 0.6 is 0 Å². The molecule has 1 atom stereocenters. The van der Waals surface area contributed by atoms with E-state index in [0.717, 1.165) is 54.0 Å². The smallest absolute Gasteiger partial charge is 0.416 e. The number of aliphatic hydroxyl groups is 1. The standard InChI is InChI=1S/C30H28F3NO4/c1-3-4-5-17-38-24-15-9-20(10-16-24)27(35)25-26(21-8-6-7-19(2)18-21)34(29(37)28(25)36)23-13-11-22(12-14-23)30(31,32)33/h6-16,18,26,35H,3-5,17H2,1-2H3/b27-25+. The van der Waals surface area contributed by atoms with Gasteiger partial charge in [-0.2, -0.15) is 13.2 Å². The summed E-state index contributed by atoms with van der Waals surface area (Å²) in [4.78, 5) is 27.6. The summed E-state index contributed by atoms with van der Waals surface area (Å²) in [6, 6.07) is 16.6. The molecule has 0 bridgehead atoms. The van der Waals surface area contributed by atoms with E-state index >= 15 is 0 Å². The second-order valence-corrected chi connectivity index (χ2v) is 9.21. The molecular formula is C30H28F3NO4. The third-order valence-electron chi connectivity index (χ3n) is 6.42. The molecule has 1 aliphatic rings. The lowest BCUT2D eigenvalue weighted by Crippen LogP contribution is -2.29. The predicted molar refractivity (Wildman–Crippen MR) is 139 cm³/mol. The molecule has 5 nitrogen and oxygen atoms in total. The van der Waals surface area contributed by atoms with Crippen LogP contribution in [0.15, 0.2) is 78.4 Å². The lowest BCUT2D eigenvalue weighted by Gasteiger charge is -2.26. The van der Waals surface area contributed by atoms with Gasteiger partial charge in [0.25, 0.3) is 11.7 Å². The van der Waals surface area contributed by atoms with Gasteiger partial charge in [0.05, 0.1) is 23.8 Å². The second-order valence-electron chi connectivity index (χ2n) is 9.21. The number of hydrogen-bond acceptors (Lipinski definition) is 4. The van der Waals surface area contributed by atoms with Crippen molar-refractivity contribution in [2.45, 2.75) is 45.3 Å². The van der Waals surface area contributed by atoms with Crippen LogP contribution in [0.2, 0.25) is 0 Å². The molecule has 0 saturated carbocycles. The van der Waals surface area contributed by atoms with Crippen molar-refractivity contribution in [1.82, 2.24) is 0 Å². The molecule has 3 aromatic rings. The minimum atomic E-state index is -4.55. The van der Waals surface area contributed by atoms with Gasteiger partial charge < -0.3 is 9.84 Å². The molecule has 0 aromatic heterocycles. The number of benzene rings is 3. The Balaban J connectivity index is 1.76. The SMILES string of the molecule is CCCCCOc1ccc(/C(O)=C2\C(=O)C(=O)N(c3ccc(C(F)(F)F)cc3)C2c2cccc(C)c2)cc1. The van der Waals surface area contributed by atoms with Crippen LogP contribution < -0.4 is 9.64 Å². The number of aliphatic hydroxyl groups excluding tert-OH is 1. The molecule has 8 heteroatoms. The molecule has 0 spiro atoms. The van der Waals surface area contributed by atoms with Crippen molar-refractivity contribution in [2.24, 2.45) is 0 Å². The zero-order valence-corrected chi connectivity index (χ0v) is 21.1. The van der Waals surface area contributed by atoms with Crippen molar-refractivity contribution >= 4 is 23.1 Å². The summed E-state index contributed by atoms with van der Waals surface area (Å²) in [7, 11) is 0. The van der Waals surface area contributed by atoms with Crippen molar-refractivity contribution < 1.29 is 32.6 Å². The molecule has 1 N–H and O–H groups in total. The number of ether oxygens (including phenoxy) is 1. The molecule has 38 heavy (non-hydrogen) atoms. The summed E-state index contributed by atoms with van der Waals surface area (Å²) in [6.45, 7) is 4.50. The fourth-order valence-corrected chi connectivity index (χ4v) is 4.47. The number of anilines is 1. The first-order chi connectivity index (χ1) is 18.1. The molecule has 1 aliphatic heterocycles. The molecule has 1 fully saturated rings. The molecule has 1 amide bonds. The van der Waals surface area contributed by atoms with E-state index in [1.165, 1.54) is 0 Å². The average Bonchev–Trinajstić information content (AvgIpc) is 3.16. The number of halogens is 3. The molecule has 198 valence electrons. The first-order valence-electron chi connectivity index (χ1n) is 12.4. The maximum Gasteiger partial charge on any atom is 0.416 e. The Bertz CT molecular complexity index is 1350. The Morgan fingerprint density at radius 3 is 2.26 bits per heavy atom. The quantitative estimate of drug-likeness (QED) is 0.147. The largest absolute Gasteiger partial charge is 0.507 e. The molecule has 1 saturated heterocycles. The van der Waals surface area contributed by atoms with Crippen LogP contribution in [0, 0.1) is 6.92 Å². The second kappa shape index (κ2) is 11.1. The number of ketones is 1. The Labute approximate surface area is 219 Å². The van der Waals surface area contributed by atoms with Crippen LogP contribution in [0.1, 0.15) is 54.5 Å². The minimum absolute atomic E-state index is 0.112. The molecule has 1 unspecified atom stereocenters.